The lowest BCUT2D eigenvalue weighted by atomic mass is 9.97. The Balaban J connectivity index is 1.92. The van der Waals surface area contributed by atoms with E-state index in [1.54, 1.807) is 0 Å². The zero-order valence-electron chi connectivity index (χ0n) is 8.35. The second-order valence-electron chi connectivity index (χ2n) is 4.21. The first kappa shape index (κ1) is 8.72. The Morgan fingerprint density at radius 2 is 2.07 bits per heavy atom. The van der Waals surface area contributed by atoms with Gasteiger partial charge in [-0.15, -0.1) is 0 Å². The van der Waals surface area contributed by atoms with E-state index in [0.29, 0.717) is 12.5 Å². The van der Waals surface area contributed by atoms with Crippen molar-refractivity contribution in [1.82, 2.24) is 0 Å². The molecule has 1 fully saturated rings. The molecule has 2 nitrogen and oxygen atoms in total. The molecule has 1 saturated carbocycles. The first-order valence-electron chi connectivity index (χ1n) is 5.23. The van der Waals surface area contributed by atoms with Crippen LogP contribution in [0.15, 0.2) is 42.5 Å². The number of carbonyl (C=O) groups excluding carboxylic acids is 1. The second-order valence-corrected chi connectivity index (χ2v) is 4.21. The summed E-state index contributed by atoms with van der Waals surface area (Å²) in [6.07, 6.45) is 4.87. The maximum absolute atomic E-state index is 11.7. The number of hydrogen-bond acceptors (Lipinski definition) is 2. The van der Waals surface area contributed by atoms with Crippen molar-refractivity contribution in [2.75, 3.05) is 6.61 Å². The molecule has 0 saturated heterocycles. The maximum atomic E-state index is 11.7. The summed E-state index contributed by atoms with van der Waals surface area (Å²) in [4.78, 5) is 11.7. The number of esters is 1. The molecule has 0 bridgehead atoms. The van der Waals surface area contributed by atoms with Crippen LogP contribution in [0, 0.1) is 5.41 Å². The fourth-order valence-electron chi connectivity index (χ4n) is 2.37. The monoisotopic (exact) mass is 200 g/mol. The minimum atomic E-state index is -0.334. The van der Waals surface area contributed by atoms with Gasteiger partial charge in [-0.2, -0.15) is 0 Å². The van der Waals surface area contributed by atoms with Gasteiger partial charge >= 0.3 is 5.97 Å². The summed E-state index contributed by atoms with van der Waals surface area (Å²) in [6, 6.07) is 10.2. The van der Waals surface area contributed by atoms with Crippen LogP contribution >= 0.6 is 0 Å². The van der Waals surface area contributed by atoms with E-state index in [4.69, 9.17) is 4.74 Å². The first-order valence-corrected chi connectivity index (χ1v) is 5.23. The fourth-order valence-corrected chi connectivity index (χ4v) is 2.37. The van der Waals surface area contributed by atoms with Crippen LogP contribution in [0.3, 0.4) is 0 Å². The molecule has 76 valence electrons. The van der Waals surface area contributed by atoms with E-state index in [2.05, 4.69) is 12.1 Å². The van der Waals surface area contributed by atoms with Crippen LogP contribution in [0.5, 0.6) is 0 Å². The highest BCUT2D eigenvalue weighted by Crippen LogP contribution is 2.61. The lowest BCUT2D eigenvalue weighted by molar-refractivity contribution is -0.148. The first-order chi connectivity index (χ1) is 7.33. The van der Waals surface area contributed by atoms with E-state index < -0.39 is 0 Å². The second kappa shape index (κ2) is 2.96. The average molecular weight is 200 g/mol. The molecule has 3 rings (SSSR count). The summed E-state index contributed by atoms with van der Waals surface area (Å²) < 4.78 is 5.08. The van der Waals surface area contributed by atoms with Crippen LogP contribution in [-0.4, -0.2) is 12.6 Å². The van der Waals surface area contributed by atoms with Crippen molar-refractivity contribution >= 4 is 5.97 Å². The van der Waals surface area contributed by atoms with Crippen molar-refractivity contribution in [1.29, 1.82) is 0 Å². The molecule has 0 N–H and O–H groups in total. The molecule has 0 radical (unpaired) electrons. The third-order valence-corrected chi connectivity index (χ3v) is 3.31. The molecule has 2 heteroatoms. The lowest BCUT2D eigenvalue weighted by Gasteiger charge is -2.16. The summed E-state index contributed by atoms with van der Waals surface area (Å²) in [5, 5.41) is 0. The highest BCUT2D eigenvalue weighted by atomic mass is 16.5. The van der Waals surface area contributed by atoms with Crippen molar-refractivity contribution < 1.29 is 9.53 Å². The number of benzene rings is 1. The molecule has 1 unspecified atom stereocenters. The fraction of sp³-hybridized carbons (Fsp3) is 0.308. The Hall–Kier alpha value is -1.57. The summed E-state index contributed by atoms with van der Waals surface area (Å²) in [5.74, 6) is 0.265. The lowest BCUT2D eigenvalue weighted by Crippen LogP contribution is -2.22. The third-order valence-electron chi connectivity index (χ3n) is 3.31. The quantitative estimate of drug-likeness (QED) is 0.513. The SMILES string of the molecule is O=C1OCC=CC12C[C@H]2c1ccccc1. The number of rotatable bonds is 1. The largest absolute Gasteiger partial charge is 0.461 e. The Kier molecular flexibility index (Phi) is 1.72. The highest BCUT2D eigenvalue weighted by Gasteiger charge is 2.60. The summed E-state index contributed by atoms with van der Waals surface area (Å²) in [5.41, 5.74) is 0.903. The molecule has 0 amide bonds. The molecule has 1 aromatic carbocycles. The van der Waals surface area contributed by atoms with Gasteiger partial charge in [-0.1, -0.05) is 42.5 Å². The maximum Gasteiger partial charge on any atom is 0.316 e. The average Bonchev–Trinajstić information content (AvgIpc) is 3.00. The van der Waals surface area contributed by atoms with E-state index in [1.165, 1.54) is 5.56 Å². The third kappa shape index (κ3) is 1.21. The number of cyclic esters (lactones) is 1. The Bertz CT molecular complexity index is 421. The van der Waals surface area contributed by atoms with Gasteiger partial charge in [-0.05, 0) is 12.0 Å². The van der Waals surface area contributed by atoms with E-state index in [-0.39, 0.29) is 11.4 Å². The van der Waals surface area contributed by atoms with Gasteiger partial charge in [0.25, 0.3) is 0 Å². The van der Waals surface area contributed by atoms with Gasteiger partial charge in [0, 0.05) is 5.92 Å². The predicted octanol–water partition coefficient (Wildman–Crippen LogP) is 2.27. The standard InChI is InChI=1S/C13H12O2/c14-12-13(7-4-8-15-12)9-11(13)10-5-2-1-3-6-10/h1-7,11H,8-9H2/t11-,13?/m0/s1. The zero-order chi connectivity index (χ0) is 10.3. The van der Waals surface area contributed by atoms with Crippen LogP contribution in [0.1, 0.15) is 17.9 Å². The number of ether oxygens (including phenoxy) is 1. The molecule has 15 heavy (non-hydrogen) atoms. The Morgan fingerprint density at radius 3 is 2.80 bits per heavy atom. The summed E-state index contributed by atoms with van der Waals surface area (Å²) in [6.45, 7) is 0.433. The predicted molar refractivity (Wildman–Crippen MR) is 56.3 cm³/mol. The molecular weight excluding hydrogens is 188 g/mol. The van der Waals surface area contributed by atoms with Crippen molar-refractivity contribution in [2.45, 2.75) is 12.3 Å². The Labute approximate surface area is 88.6 Å². The van der Waals surface area contributed by atoms with E-state index in [9.17, 15) is 4.79 Å². The van der Waals surface area contributed by atoms with Gasteiger partial charge in [-0.3, -0.25) is 4.79 Å². The van der Waals surface area contributed by atoms with Crippen LogP contribution in [-0.2, 0) is 9.53 Å². The molecule has 1 spiro atoms. The molecule has 1 aliphatic carbocycles. The number of hydrogen-bond donors (Lipinski definition) is 0. The molecule has 2 atom stereocenters. The van der Waals surface area contributed by atoms with Gasteiger partial charge in [0.1, 0.15) is 6.61 Å². The molecule has 1 heterocycles. The van der Waals surface area contributed by atoms with Gasteiger partial charge in [0.05, 0.1) is 5.41 Å². The van der Waals surface area contributed by atoms with Gasteiger partial charge in [0.15, 0.2) is 0 Å². The van der Waals surface area contributed by atoms with Crippen LogP contribution < -0.4 is 0 Å². The summed E-state index contributed by atoms with van der Waals surface area (Å²) >= 11 is 0. The minimum Gasteiger partial charge on any atom is -0.461 e. The smallest absolute Gasteiger partial charge is 0.316 e. The van der Waals surface area contributed by atoms with Gasteiger partial charge < -0.3 is 4.74 Å². The normalized spacial score (nSPS) is 32.8. The van der Waals surface area contributed by atoms with Crippen molar-refractivity contribution in [2.24, 2.45) is 5.41 Å². The van der Waals surface area contributed by atoms with E-state index in [1.807, 2.05) is 30.4 Å². The van der Waals surface area contributed by atoms with Crippen LogP contribution in [0.2, 0.25) is 0 Å². The van der Waals surface area contributed by atoms with E-state index >= 15 is 0 Å². The topological polar surface area (TPSA) is 26.3 Å². The summed E-state index contributed by atoms with van der Waals surface area (Å²) in [7, 11) is 0. The molecular formula is C13H12O2. The molecule has 1 aromatic rings. The van der Waals surface area contributed by atoms with Crippen molar-refractivity contribution in [3.63, 3.8) is 0 Å². The van der Waals surface area contributed by atoms with Crippen LogP contribution in [0.25, 0.3) is 0 Å². The zero-order valence-corrected chi connectivity index (χ0v) is 8.35. The number of carbonyl (C=O) groups is 1. The molecule has 0 aromatic heterocycles. The van der Waals surface area contributed by atoms with Crippen molar-refractivity contribution in [3.05, 3.63) is 48.0 Å². The molecule has 1 aliphatic heterocycles. The molecule has 2 aliphatic rings. The van der Waals surface area contributed by atoms with Gasteiger partial charge in [0.2, 0.25) is 0 Å². The van der Waals surface area contributed by atoms with Crippen molar-refractivity contribution in [3.8, 4) is 0 Å². The van der Waals surface area contributed by atoms with Crippen LogP contribution in [0.4, 0.5) is 0 Å². The Morgan fingerprint density at radius 1 is 1.27 bits per heavy atom. The van der Waals surface area contributed by atoms with E-state index in [0.717, 1.165) is 6.42 Å². The minimum absolute atomic E-state index is 0.0566. The van der Waals surface area contributed by atoms with Gasteiger partial charge in [-0.25, -0.2) is 0 Å². The highest BCUT2D eigenvalue weighted by molar-refractivity contribution is 5.85.